The van der Waals surface area contributed by atoms with Gasteiger partial charge in [0.2, 0.25) is 0 Å². The van der Waals surface area contributed by atoms with Gasteiger partial charge in [0.1, 0.15) is 5.75 Å². The van der Waals surface area contributed by atoms with Gasteiger partial charge in [0.25, 0.3) is 5.91 Å². The number of rotatable bonds is 6. The van der Waals surface area contributed by atoms with Crippen LogP contribution in [0.4, 0.5) is 0 Å². The van der Waals surface area contributed by atoms with Gasteiger partial charge >= 0.3 is 0 Å². The lowest BCUT2D eigenvalue weighted by Crippen LogP contribution is -2.37. The fourth-order valence-electron chi connectivity index (χ4n) is 3.17. The lowest BCUT2D eigenvalue weighted by atomic mass is 9.92. The molecule has 2 aromatic rings. The summed E-state index contributed by atoms with van der Waals surface area (Å²) in [5.74, 6) is 0.688. The molecule has 1 atom stereocenters. The normalized spacial score (nSPS) is 14.5. The van der Waals surface area contributed by atoms with Crippen molar-refractivity contribution in [3.05, 3.63) is 64.2 Å². The van der Waals surface area contributed by atoms with Crippen molar-refractivity contribution >= 4 is 17.5 Å². The molecule has 3 rings (SSSR count). The number of amides is 1. The summed E-state index contributed by atoms with van der Waals surface area (Å²) in [6.45, 7) is 2.37. The Hall–Kier alpha value is -2.00. The van der Waals surface area contributed by atoms with E-state index in [1.165, 1.54) is 24.0 Å². The van der Waals surface area contributed by atoms with Crippen LogP contribution in [0.5, 0.6) is 5.75 Å². The molecule has 1 aliphatic carbocycles. The third-order valence-corrected chi connectivity index (χ3v) is 4.88. The molecule has 0 spiro atoms. The summed E-state index contributed by atoms with van der Waals surface area (Å²) in [5.41, 5.74) is 3.92. The van der Waals surface area contributed by atoms with E-state index >= 15 is 0 Å². The fourth-order valence-corrected chi connectivity index (χ4v) is 3.29. The predicted octanol–water partition coefficient (Wildman–Crippen LogP) is 4.35. The highest BCUT2D eigenvalue weighted by atomic mass is 35.5. The molecule has 2 aromatic carbocycles. The van der Waals surface area contributed by atoms with Crippen molar-refractivity contribution in [3.8, 4) is 5.75 Å². The SMILES string of the molecule is C[C@@H](Oc1ccc2c(c1)CCCC2)C(=O)NCCc1ccc(Cl)cc1. The monoisotopic (exact) mass is 357 g/mol. The van der Waals surface area contributed by atoms with Gasteiger partial charge in [-0.05, 0) is 80.0 Å². The largest absolute Gasteiger partial charge is 0.481 e. The minimum absolute atomic E-state index is 0.0910. The van der Waals surface area contributed by atoms with E-state index < -0.39 is 6.10 Å². The smallest absolute Gasteiger partial charge is 0.260 e. The summed E-state index contributed by atoms with van der Waals surface area (Å²) in [6, 6.07) is 13.9. The van der Waals surface area contributed by atoms with Gasteiger partial charge in [0.15, 0.2) is 6.10 Å². The molecule has 0 heterocycles. The van der Waals surface area contributed by atoms with Crippen LogP contribution in [0.25, 0.3) is 0 Å². The number of hydrogen-bond acceptors (Lipinski definition) is 2. The van der Waals surface area contributed by atoms with Gasteiger partial charge in [-0.15, -0.1) is 0 Å². The van der Waals surface area contributed by atoms with E-state index in [2.05, 4.69) is 17.4 Å². The third-order valence-electron chi connectivity index (χ3n) is 4.63. The van der Waals surface area contributed by atoms with Gasteiger partial charge in [-0.1, -0.05) is 29.8 Å². The first-order chi connectivity index (χ1) is 12.1. The number of benzene rings is 2. The molecule has 0 radical (unpaired) electrons. The van der Waals surface area contributed by atoms with Gasteiger partial charge < -0.3 is 10.1 Å². The van der Waals surface area contributed by atoms with Crippen LogP contribution in [0, 0.1) is 0 Å². The van der Waals surface area contributed by atoms with Gasteiger partial charge in [0.05, 0.1) is 0 Å². The number of ether oxygens (including phenoxy) is 1. The van der Waals surface area contributed by atoms with Gasteiger partial charge in [0, 0.05) is 11.6 Å². The van der Waals surface area contributed by atoms with Crippen LogP contribution in [0.3, 0.4) is 0 Å². The van der Waals surface area contributed by atoms with E-state index in [0.29, 0.717) is 6.54 Å². The molecule has 0 aliphatic heterocycles. The summed E-state index contributed by atoms with van der Waals surface area (Å²) in [7, 11) is 0. The maximum atomic E-state index is 12.2. The van der Waals surface area contributed by atoms with Crippen LogP contribution in [-0.4, -0.2) is 18.6 Å². The van der Waals surface area contributed by atoms with Gasteiger partial charge in [-0.25, -0.2) is 0 Å². The molecule has 4 heteroatoms. The number of aryl methyl sites for hydroxylation is 2. The molecule has 0 unspecified atom stereocenters. The Morgan fingerprint density at radius 3 is 2.60 bits per heavy atom. The first-order valence-electron chi connectivity index (χ1n) is 8.92. The first kappa shape index (κ1) is 17.8. The second-order valence-corrected chi connectivity index (χ2v) is 7.00. The first-order valence-corrected chi connectivity index (χ1v) is 9.30. The van der Waals surface area contributed by atoms with E-state index in [1.807, 2.05) is 30.3 Å². The van der Waals surface area contributed by atoms with Crippen LogP contribution < -0.4 is 10.1 Å². The Balaban J connectivity index is 1.48. The molecular formula is C21H24ClNO2. The van der Waals surface area contributed by atoms with Crippen molar-refractivity contribution in [1.82, 2.24) is 5.32 Å². The Labute approximate surface area is 154 Å². The Morgan fingerprint density at radius 1 is 1.12 bits per heavy atom. The van der Waals surface area contributed by atoms with E-state index in [-0.39, 0.29) is 5.91 Å². The standard InChI is InChI=1S/C21H24ClNO2/c1-15(21(24)23-13-12-16-6-9-19(22)10-7-16)25-20-11-8-17-4-2-3-5-18(17)14-20/h6-11,14-15H,2-5,12-13H2,1H3,(H,23,24)/t15-/m1/s1. The van der Waals surface area contributed by atoms with E-state index in [0.717, 1.165) is 35.6 Å². The van der Waals surface area contributed by atoms with Crippen molar-refractivity contribution in [2.45, 2.75) is 45.1 Å². The summed E-state index contributed by atoms with van der Waals surface area (Å²) in [4.78, 5) is 12.2. The van der Waals surface area contributed by atoms with Crippen LogP contribution in [0.1, 0.15) is 36.5 Å². The van der Waals surface area contributed by atoms with E-state index in [4.69, 9.17) is 16.3 Å². The molecule has 0 saturated heterocycles. The van der Waals surface area contributed by atoms with Crippen molar-refractivity contribution < 1.29 is 9.53 Å². The Bertz CT molecular complexity index is 727. The van der Waals surface area contributed by atoms with Gasteiger partial charge in [-0.2, -0.15) is 0 Å². The van der Waals surface area contributed by atoms with Crippen LogP contribution in [0.15, 0.2) is 42.5 Å². The van der Waals surface area contributed by atoms with Crippen molar-refractivity contribution in [2.75, 3.05) is 6.54 Å². The molecule has 0 aromatic heterocycles. The van der Waals surface area contributed by atoms with E-state index in [1.54, 1.807) is 6.92 Å². The minimum Gasteiger partial charge on any atom is -0.481 e. The quantitative estimate of drug-likeness (QED) is 0.834. The van der Waals surface area contributed by atoms with Crippen molar-refractivity contribution in [3.63, 3.8) is 0 Å². The summed E-state index contributed by atoms with van der Waals surface area (Å²) >= 11 is 5.87. The van der Waals surface area contributed by atoms with Crippen LogP contribution in [-0.2, 0) is 24.1 Å². The third kappa shape index (κ3) is 4.99. The number of carbonyl (C=O) groups excluding carboxylic acids is 1. The molecule has 0 fully saturated rings. The fraction of sp³-hybridized carbons (Fsp3) is 0.381. The molecule has 0 bridgehead atoms. The molecule has 1 aliphatic rings. The number of nitrogens with one attached hydrogen (secondary N) is 1. The zero-order valence-electron chi connectivity index (χ0n) is 14.6. The maximum absolute atomic E-state index is 12.2. The molecular weight excluding hydrogens is 334 g/mol. The van der Waals surface area contributed by atoms with E-state index in [9.17, 15) is 4.79 Å². The number of fused-ring (bicyclic) bond motifs is 1. The second-order valence-electron chi connectivity index (χ2n) is 6.57. The van der Waals surface area contributed by atoms with Gasteiger partial charge in [-0.3, -0.25) is 4.79 Å². The topological polar surface area (TPSA) is 38.3 Å². The van der Waals surface area contributed by atoms with Crippen LogP contribution in [0.2, 0.25) is 5.02 Å². The summed E-state index contributed by atoms with van der Waals surface area (Å²) < 4.78 is 5.83. The number of carbonyl (C=O) groups is 1. The highest BCUT2D eigenvalue weighted by molar-refractivity contribution is 6.30. The highest BCUT2D eigenvalue weighted by Gasteiger charge is 2.16. The molecule has 25 heavy (non-hydrogen) atoms. The van der Waals surface area contributed by atoms with Crippen molar-refractivity contribution in [1.29, 1.82) is 0 Å². The summed E-state index contributed by atoms with van der Waals surface area (Å²) in [5, 5.41) is 3.65. The molecule has 132 valence electrons. The Morgan fingerprint density at radius 2 is 1.84 bits per heavy atom. The number of hydrogen-bond donors (Lipinski definition) is 1. The minimum atomic E-state index is -0.508. The zero-order chi connectivity index (χ0) is 17.6. The Kier molecular flexibility index (Phi) is 5.98. The lowest BCUT2D eigenvalue weighted by molar-refractivity contribution is -0.127. The van der Waals surface area contributed by atoms with Crippen molar-refractivity contribution in [2.24, 2.45) is 0 Å². The summed E-state index contributed by atoms with van der Waals surface area (Å²) in [6.07, 6.45) is 5.02. The predicted molar refractivity (Wildman–Crippen MR) is 101 cm³/mol. The maximum Gasteiger partial charge on any atom is 0.260 e. The molecule has 1 amide bonds. The number of halogens is 1. The van der Waals surface area contributed by atoms with Crippen LogP contribution >= 0.6 is 11.6 Å². The molecule has 3 nitrogen and oxygen atoms in total. The zero-order valence-corrected chi connectivity index (χ0v) is 15.3. The molecule has 0 saturated carbocycles. The average molecular weight is 358 g/mol. The highest BCUT2D eigenvalue weighted by Crippen LogP contribution is 2.25. The average Bonchev–Trinajstić information content (AvgIpc) is 2.63. The second kappa shape index (κ2) is 8.39. The molecule has 1 N–H and O–H groups in total. The lowest BCUT2D eigenvalue weighted by Gasteiger charge is -2.19.